The van der Waals surface area contributed by atoms with Crippen LogP contribution in [-0.4, -0.2) is 28.6 Å². The van der Waals surface area contributed by atoms with Crippen LogP contribution in [0.2, 0.25) is 0 Å². The van der Waals surface area contributed by atoms with Crippen LogP contribution in [0.4, 0.5) is 8.78 Å². The second-order valence-electron chi connectivity index (χ2n) is 4.17. The second-order valence-corrected chi connectivity index (χ2v) is 4.17. The third-order valence-corrected chi connectivity index (χ3v) is 3.07. The maximum absolute atomic E-state index is 13.4. The molecule has 5 heteroatoms. The number of nitrogens with zero attached hydrogens (tertiary/aromatic N) is 1. The van der Waals surface area contributed by atoms with Crippen LogP contribution in [0, 0.1) is 11.6 Å². The molecule has 1 N–H and O–H groups in total. The smallest absolute Gasteiger partial charge is 0.320 e. The van der Waals surface area contributed by atoms with Gasteiger partial charge in [0.25, 0.3) is 0 Å². The Labute approximate surface area is 97.7 Å². The van der Waals surface area contributed by atoms with Gasteiger partial charge < -0.3 is 5.11 Å². The Bertz CT molecular complexity index is 416. The third-order valence-electron chi connectivity index (χ3n) is 3.07. The summed E-state index contributed by atoms with van der Waals surface area (Å²) < 4.78 is 26.8. The molecule has 1 aliphatic heterocycles. The van der Waals surface area contributed by atoms with E-state index in [9.17, 15) is 13.6 Å². The van der Waals surface area contributed by atoms with E-state index >= 15 is 0 Å². The fourth-order valence-electron chi connectivity index (χ4n) is 2.18. The van der Waals surface area contributed by atoms with Gasteiger partial charge in [-0.05, 0) is 31.5 Å². The molecule has 1 atom stereocenters. The lowest BCUT2D eigenvalue weighted by atomic mass is 10.1. The lowest BCUT2D eigenvalue weighted by Gasteiger charge is -2.21. The minimum atomic E-state index is -0.931. The van der Waals surface area contributed by atoms with E-state index in [-0.39, 0.29) is 12.1 Å². The molecular formula is C12H13F2NO2. The largest absolute Gasteiger partial charge is 0.480 e. The fourth-order valence-corrected chi connectivity index (χ4v) is 2.18. The molecule has 1 aromatic carbocycles. The molecule has 1 saturated heterocycles. The monoisotopic (exact) mass is 241 g/mol. The second kappa shape index (κ2) is 4.79. The summed E-state index contributed by atoms with van der Waals surface area (Å²) in [6.45, 7) is 0.570. The van der Waals surface area contributed by atoms with Gasteiger partial charge in [0, 0.05) is 12.1 Å². The van der Waals surface area contributed by atoms with Crippen LogP contribution in [0.25, 0.3) is 0 Å². The van der Waals surface area contributed by atoms with Gasteiger partial charge in [-0.15, -0.1) is 0 Å². The number of carboxylic acids is 1. The number of aliphatic carboxylic acids is 1. The molecule has 0 spiro atoms. The first-order chi connectivity index (χ1) is 8.09. The Morgan fingerprint density at radius 3 is 2.65 bits per heavy atom. The summed E-state index contributed by atoms with van der Waals surface area (Å²) in [7, 11) is 0. The van der Waals surface area contributed by atoms with Crippen molar-refractivity contribution < 1.29 is 18.7 Å². The number of rotatable bonds is 3. The highest BCUT2D eigenvalue weighted by Crippen LogP contribution is 2.22. The topological polar surface area (TPSA) is 40.5 Å². The maximum atomic E-state index is 13.4. The zero-order valence-electron chi connectivity index (χ0n) is 9.20. The molecule has 2 rings (SSSR count). The molecule has 1 fully saturated rings. The molecule has 0 bridgehead atoms. The lowest BCUT2D eigenvalue weighted by Crippen LogP contribution is -2.35. The Morgan fingerprint density at radius 2 is 2.06 bits per heavy atom. The SMILES string of the molecule is O=C(O)[C@H]1CCCN1Cc1c(F)cccc1F. The van der Waals surface area contributed by atoms with Gasteiger partial charge in [0.2, 0.25) is 0 Å². The molecule has 0 saturated carbocycles. The van der Waals surface area contributed by atoms with Crippen molar-refractivity contribution in [3.8, 4) is 0 Å². The van der Waals surface area contributed by atoms with E-state index in [2.05, 4.69) is 0 Å². The lowest BCUT2D eigenvalue weighted by molar-refractivity contribution is -0.142. The third kappa shape index (κ3) is 2.44. The highest BCUT2D eigenvalue weighted by atomic mass is 19.1. The molecule has 1 heterocycles. The van der Waals surface area contributed by atoms with E-state index in [1.54, 1.807) is 4.90 Å². The summed E-state index contributed by atoms with van der Waals surface area (Å²) in [6, 6.07) is 3.04. The number of benzene rings is 1. The fraction of sp³-hybridized carbons (Fsp3) is 0.417. The van der Waals surface area contributed by atoms with Crippen molar-refractivity contribution >= 4 is 5.97 Å². The van der Waals surface area contributed by atoms with E-state index in [0.717, 1.165) is 6.42 Å². The number of likely N-dealkylation sites (tertiary alicyclic amines) is 1. The van der Waals surface area contributed by atoms with Gasteiger partial charge in [-0.2, -0.15) is 0 Å². The molecule has 0 aliphatic carbocycles. The number of hydrogen-bond donors (Lipinski definition) is 1. The molecule has 3 nitrogen and oxygen atoms in total. The van der Waals surface area contributed by atoms with Crippen molar-refractivity contribution in [2.75, 3.05) is 6.54 Å². The van der Waals surface area contributed by atoms with Crippen molar-refractivity contribution in [1.29, 1.82) is 0 Å². The van der Waals surface area contributed by atoms with Gasteiger partial charge in [0.15, 0.2) is 0 Å². The summed E-state index contributed by atoms with van der Waals surface area (Å²) in [5.74, 6) is -2.18. The van der Waals surface area contributed by atoms with E-state index in [4.69, 9.17) is 5.11 Å². The first-order valence-corrected chi connectivity index (χ1v) is 5.49. The summed E-state index contributed by atoms with van der Waals surface area (Å²) >= 11 is 0. The van der Waals surface area contributed by atoms with Crippen LogP contribution in [-0.2, 0) is 11.3 Å². The zero-order valence-corrected chi connectivity index (χ0v) is 9.20. The summed E-state index contributed by atoms with van der Waals surface area (Å²) in [6.07, 6.45) is 1.28. The average molecular weight is 241 g/mol. The van der Waals surface area contributed by atoms with Crippen LogP contribution in [0.3, 0.4) is 0 Å². The Hall–Kier alpha value is -1.49. The molecule has 0 aromatic heterocycles. The Kier molecular flexibility index (Phi) is 3.38. The standard InChI is InChI=1S/C12H13F2NO2/c13-9-3-1-4-10(14)8(9)7-15-6-2-5-11(15)12(16)17/h1,3-4,11H,2,5-7H2,(H,16,17)/t11-/m1/s1. The molecule has 0 amide bonds. The van der Waals surface area contributed by atoms with Crippen molar-refractivity contribution in [3.05, 3.63) is 35.4 Å². The van der Waals surface area contributed by atoms with Crippen molar-refractivity contribution in [2.24, 2.45) is 0 Å². The number of carbonyl (C=O) groups is 1. The van der Waals surface area contributed by atoms with Crippen LogP contribution in [0.1, 0.15) is 18.4 Å². The van der Waals surface area contributed by atoms with Crippen LogP contribution in [0.15, 0.2) is 18.2 Å². The summed E-state index contributed by atoms with van der Waals surface area (Å²) in [4.78, 5) is 12.5. The number of carboxylic acid groups (broad SMARTS) is 1. The number of hydrogen-bond acceptors (Lipinski definition) is 2. The molecule has 92 valence electrons. The molecule has 0 radical (unpaired) electrons. The molecular weight excluding hydrogens is 228 g/mol. The average Bonchev–Trinajstić information content (AvgIpc) is 2.72. The maximum Gasteiger partial charge on any atom is 0.320 e. The Morgan fingerprint density at radius 1 is 1.41 bits per heavy atom. The molecule has 17 heavy (non-hydrogen) atoms. The molecule has 1 aromatic rings. The Balaban J connectivity index is 2.18. The van der Waals surface area contributed by atoms with Crippen molar-refractivity contribution in [3.63, 3.8) is 0 Å². The van der Waals surface area contributed by atoms with Gasteiger partial charge in [-0.3, -0.25) is 9.69 Å². The van der Waals surface area contributed by atoms with Crippen molar-refractivity contribution in [1.82, 2.24) is 4.90 Å². The van der Waals surface area contributed by atoms with E-state index in [0.29, 0.717) is 13.0 Å². The predicted octanol–water partition coefficient (Wildman–Crippen LogP) is 2.01. The quantitative estimate of drug-likeness (QED) is 0.880. The summed E-state index contributed by atoms with van der Waals surface area (Å²) in [5.41, 5.74) is -0.0550. The predicted molar refractivity (Wildman–Crippen MR) is 57.4 cm³/mol. The van der Waals surface area contributed by atoms with Gasteiger partial charge >= 0.3 is 5.97 Å². The number of halogens is 2. The normalized spacial score (nSPS) is 20.7. The molecule has 0 unspecified atom stereocenters. The van der Waals surface area contributed by atoms with Crippen LogP contribution in [0.5, 0.6) is 0 Å². The molecule has 1 aliphatic rings. The van der Waals surface area contributed by atoms with Gasteiger partial charge in [-0.1, -0.05) is 6.07 Å². The minimum absolute atomic E-state index is 0.00940. The minimum Gasteiger partial charge on any atom is -0.480 e. The van der Waals surface area contributed by atoms with E-state index in [1.807, 2.05) is 0 Å². The van der Waals surface area contributed by atoms with Gasteiger partial charge in [0.1, 0.15) is 17.7 Å². The zero-order chi connectivity index (χ0) is 12.4. The first kappa shape index (κ1) is 12.0. The first-order valence-electron chi connectivity index (χ1n) is 5.49. The van der Waals surface area contributed by atoms with Crippen molar-refractivity contribution in [2.45, 2.75) is 25.4 Å². The van der Waals surface area contributed by atoms with E-state index < -0.39 is 23.6 Å². The highest BCUT2D eigenvalue weighted by Gasteiger charge is 2.31. The summed E-state index contributed by atoms with van der Waals surface area (Å²) in [5, 5.41) is 8.97. The van der Waals surface area contributed by atoms with Crippen LogP contribution >= 0.6 is 0 Å². The van der Waals surface area contributed by atoms with Crippen LogP contribution < -0.4 is 0 Å². The van der Waals surface area contributed by atoms with Gasteiger partial charge in [0.05, 0.1) is 0 Å². The van der Waals surface area contributed by atoms with Gasteiger partial charge in [-0.25, -0.2) is 8.78 Å². The highest BCUT2D eigenvalue weighted by molar-refractivity contribution is 5.73. The van der Waals surface area contributed by atoms with E-state index in [1.165, 1.54) is 18.2 Å².